The molecule has 1 amide bonds. The van der Waals surface area contributed by atoms with E-state index in [1.165, 1.54) is 11.1 Å². The van der Waals surface area contributed by atoms with Gasteiger partial charge in [-0.3, -0.25) is 4.79 Å². The summed E-state index contributed by atoms with van der Waals surface area (Å²) in [5.41, 5.74) is 9.41. The van der Waals surface area contributed by atoms with Crippen molar-refractivity contribution in [2.45, 2.75) is 32.2 Å². The monoisotopic (exact) mass is 296 g/mol. The molecule has 2 aromatic carbocycles. The summed E-state index contributed by atoms with van der Waals surface area (Å²) >= 11 is 0. The van der Waals surface area contributed by atoms with Crippen molar-refractivity contribution < 1.29 is 4.79 Å². The van der Waals surface area contributed by atoms with Gasteiger partial charge in [-0.2, -0.15) is 0 Å². The summed E-state index contributed by atoms with van der Waals surface area (Å²) in [6, 6.07) is 18.0. The molecule has 3 heteroatoms. The van der Waals surface area contributed by atoms with Crippen molar-refractivity contribution in [1.29, 1.82) is 0 Å². The third kappa shape index (κ3) is 4.71. The zero-order valence-electron chi connectivity index (χ0n) is 13.1. The van der Waals surface area contributed by atoms with Gasteiger partial charge in [0, 0.05) is 6.54 Å². The van der Waals surface area contributed by atoms with Gasteiger partial charge >= 0.3 is 0 Å². The van der Waals surface area contributed by atoms with E-state index in [0.717, 1.165) is 18.4 Å². The molecule has 0 aliphatic rings. The zero-order chi connectivity index (χ0) is 15.8. The highest BCUT2D eigenvalue weighted by Gasteiger charge is 2.13. The molecule has 2 rings (SSSR count). The van der Waals surface area contributed by atoms with Gasteiger partial charge in [-0.1, -0.05) is 67.9 Å². The maximum Gasteiger partial charge on any atom is 0.237 e. The molecule has 0 aromatic heterocycles. The first-order valence-electron chi connectivity index (χ1n) is 7.88. The van der Waals surface area contributed by atoms with Gasteiger partial charge in [-0.25, -0.2) is 0 Å². The van der Waals surface area contributed by atoms with Crippen LogP contribution in [-0.4, -0.2) is 18.5 Å². The lowest BCUT2D eigenvalue weighted by Gasteiger charge is -2.12. The SMILES string of the molecule is CCCCNC(=O)[C@@H](N)Cc1ccc(-c2ccccc2)cc1. The summed E-state index contributed by atoms with van der Waals surface area (Å²) in [4.78, 5) is 11.9. The average Bonchev–Trinajstić information content (AvgIpc) is 2.56. The second-order valence-electron chi connectivity index (χ2n) is 5.52. The fourth-order valence-corrected chi connectivity index (χ4v) is 2.33. The maximum absolute atomic E-state index is 11.9. The molecule has 0 heterocycles. The van der Waals surface area contributed by atoms with E-state index in [-0.39, 0.29) is 5.91 Å². The van der Waals surface area contributed by atoms with E-state index in [1.54, 1.807) is 0 Å². The van der Waals surface area contributed by atoms with Crippen molar-refractivity contribution in [2.24, 2.45) is 5.73 Å². The summed E-state index contributed by atoms with van der Waals surface area (Å²) in [6.45, 7) is 2.80. The van der Waals surface area contributed by atoms with Crippen LogP contribution in [0.5, 0.6) is 0 Å². The average molecular weight is 296 g/mol. The third-order valence-corrected chi connectivity index (χ3v) is 3.68. The fourth-order valence-electron chi connectivity index (χ4n) is 2.33. The summed E-state index contributed by atoms with van der Waals surface area (Å²) in [7, 11) is 0. The Bertz CT molecular complexity index is 578. The largest absolute Gasteiger partial charge is 0.355 e. The third-order valence-electron chi connectivity index (χ3n) is 3.68. The molecular formula is C19H24N2O. The molecule has 0 aliphatic heterocycles. The first-order chi connectivity index (χ1) is 10.7. The van der Waals surface area contributed by atoms with Gasteiger partial charge in [0.25, 0.3) is 0 Å². The predicted octanol–water partition coefficient (Wildman–Crippen LogP) is 3.14. The topological polar surface area (TPSA) is 55.1 Å². The molecule has 22 heavy (non-hydrogen) atoms. The van der Waals surface area contributed by atoms with Gasteiger partial charge in [-0.15, -0.1) is 0 Å². The quantitative estimate of drug-likeness (QED) is 0.771. The van der Waals surface area contributed by atoms with Crippen LogP contribution in [0.2, 0.25) is 0 Å². The van der Waals surface area contributed by atoms with Gasteiger partial charge in [0.05, 0.1) is 6.04 Å². The lowest BCUT2D eigenvalue weighted by molar-refractivity contribution is -0.122. The van der Waals surface area contributed by atoms with Gasteiger partial charge in [0.1, 0.15) is 0 Å². The van der Waals surface area contributed by atoms with Crippen molar-refractivity contribution in [1.82, 2.24) is 5.32 Å². The Morgan fingerprint density at radius 1 is 1.05 bits per heavy atom. The lowest BCUT2D eigenvalue weighted by Crippen LogP contribution is -2.42. The van der Waals surface area contributed by atoms with Crippen LogP contribution in [-0.2, 0) is 11.2 Å². The van der Waals surface area contributed by atoms with E-state index in [1.807, 2.05) is 30.3 Å². The van der Waals surface area contributed by atoms with Crippen molar-refractivity contribution in [2.75, 3.05) is 6.54 Å². The number of hydrogen-bond donors (Lipinski definition) is 2. The normalized spacial score (nSPS) is 11.9. The molecule has 3 nitrogen and oxygen atoms in total. The van der Waals surface area contributed by atoms with E-state index in [4.69, 9.17) is 5.73 Å². The molecule has 116 valence electrons. The molecule has 0 radical (unpaired) electrons. The smallest absolute Gasteiger partial charge is 0.237 e. The number of carbonyl (C=O) groups excluding carboxylic acids is 1. The van der Waals surface area contributed by atoms with Crippen LogP contribution in [0, 0.1) is 0 Å². The number of rotatable bonds is 7. The minimum absolute atomic E-state index is 0.0689. The molecule has 2 aromatic rings. The number of carbonyl (C=O) groups is 1. The van der Waals surface area contributed by atoms with Crippen molar-refractivity contribution in [3.05, 3.63) is 60.2 Å². The van der Waals surface area contributed by atoms with Crippen molar-refractivity contribution >= 4 is 5.91 Å². The van der Waals surface area contributed by atoms with Gasteiger partial charge in [0.15, 0.2) is 0 Å². The summed E-state index contributed by atoms with van der Waals surface area (Å²) in [6.07, 6.45) is 2.62. The molecule has 0 bridgehead atoms. The number of nitrogens with one attached hydrogen (secondary N) is 1. The number of amides is 1. The number of hydrogen-bond acceptors (Lipinski definition) is 2. The Morgan fingerprint density at radius 2 is 1.68 bits per heavy atom. The number of benzene rings is 2. The fraction of sp³-hybridized carbons (Fsp3) is 0.316. The number of unbranched alkanes of at least 4 members (excludes halogenated alkanes) is 1. The number of nitrogens with two attached hydrogens (primary N) is 1. The lowest BCUT2D eigenvalue weighted by atomic mass is 10.0. The Morgan fingerprint density at radius 3 is 2.32 bits per heavy atom. The maximum atomic E-state index is 11.9. The van der Waals surface area contributed by atoms with Gasteiger partial charge in [-0.05, 0) is 29.5 Å². The molecule has 0 fully saturated rings. The summed E-state index contributed by atoms with van der Waals surface area (Å²) in [5, 5.41) is 2.88. The first-order valence-corrected chi connectivity index (χ1v) is 7.88. The second-order valence-corrected chi connectivity index (χ2v) is 5.52. The molecule has 1 atom stereocenters. The van der Waals surface area contributed by atoms with Crippen LogP contribution in [0.4, 0.5) is 0 Å². The summed E-state index contributed by atoms with van der Waals surface area (Å²) < 4.78 is 0. The van der Waals surface area contributed by atoms with Crippen LogP contribution in [0.15, 0.2) is 54.6 Å². The Labute approximate surface area is 132 Å². The van der Waals surface area contributed by atoms with Crippen LogP contribution < -0.4 is 11.1 Å². The van der Waals surface area contributed by atoms with Crippen LogP contribution >= 0.6 is 0 Å². The van der Waals surface area contributed by atoms with Gasteiger partial charge < -0.3 is 11.1 Å². The van der Waals surface area contributed by atoms with Crippen molar-refractivity contribution in [3.63, 3.8) is 0 Å². The molecule has 0 aliphatic carbocycles. The highest BCUT2D eigenvalue weighted by atomic mass is 16.2. The highest BCUT2D eigenvalue weighted by Crippen LogP contribution is 2.19. The molecular weight excluding hydrogens is 272 g/mol. The minimum Gasteiger partial charge on any atom is -0.355 e. The van der Waals surface area contributed by atoms with Crippen LogP contribution in [0.25, 0.3) is 11.1 Å². The molecule has 3 N–H and O–H groups in total. The van der Waals surface area contributed by atoms with E-state index in [2.05, 4.69) is 36.5 Å². The molecule has 0 saturated carbocycles. The Balaban J connectivity index is 1.92. The van der Waals surface area contributed by atoms with E-state index < -0.39 is 6.04 Å². The van der Waals surface area contributed by atoms with Gasteiger partial charge in [0.2, 0.25) is 5.91 Å². The summed E-state index contributed by atoms with van der Waals surface area (Å²) in [5.74, 6) is -0.0689. The Kier molecular flexibility index (Phi) is 6.16. The Hall–Kier alpha value is -2.13. The highest BCUT2D eigenvalue weighted by molar-refractivity contribution is 5.81. The van der Waals surface area contributed by atoms with Crippen LogP contribution in [0.3, 0.4) is 0 Å². The van der Waals surface area contributed by atoms with E-state index >= 15 is 0 Å². The van der Waals surface area contributed by atoms with E-state index in [0.29, 0.717) is 13.0 Å². The van der Waals surface area contributed by atoms with Crippen molar-refractivity contribution in [3.8, 4) is 11.1 Å². The standard InChI is InChI=1S/C19H24N2O/c1-2-3-13-21-19(22)18(20)14-15-9-11-17(12-10-15)16-7-5-4-6-8-16/h4-12,18H,2-3,13-14,20H2,1H3,(H,21,22)/t18-/m0/s1. The van der Waals surface area contributed by atoms with E-state index in [9.17, 15) is 4.79 Å². The molecule has 0 saturated heterocycles. The first kappa shape index (κ1) is 16.2. The molecule has 0 unspecified atom stereocenters. The molecule has 0 spiro atoms. The second kappa shape index (κ2) is 8.35. The zero-order valence-corrected chi connectivity index (χ0v) is 13.1. The minimum atomic E-state index is -0.487. The predicted molar refractivity (Wildman–Crippen MR) is 91.5 cm³/mol. The van der Waals surface area contributed by atoms with Crippen LogP contribution in [0.1, 0.15) is 25.3 Å².